The van der Waals surface area contributed by atoms with E-state index in [0.717, 1.165) is 73.6 Å². The molecule has 0 aliphatic heterocycles. The van der Waals surface area contributed by atoms with Gasteiger partial charge in [0.2, 0.25) is 10.0 Å². The number of thiazole rings is 1. The first-order valence-electron chi connectivity index (χ1n) is 12.9. The molecule has 0 bridgehead atoms. The van der Waals surface area contributed by atoms with Crippen LogP contribution in [0.5, 0.6) is 5.75 Å². The minimum atomic E-state index is -3.76. The average Bonchev–Trinajstić information content (AvgIpc) is 3.69. The van der Waals surface area contributed by atoms with Crippen molar-refractivity contribution in [2.75, 3.05) is 20.3 Å². The summed E-state index contributed by atoms with van der Waals surface area (Å²) in [5, 5.41) is 0.864. The zero-order chi connectivity index (χ0) is 27.9. The van der Waals surface area contributed by atoms with Crippen molar-refractivity contribution in [1.82, 2.24) is 19.7 Å². The molecule has 0 atom stereocenters. The van der Waals surface area contributed by atoms with E-state index in [1.165, 1.54) is 12.1 Å². The van der Waals surface area contributed by atoms with Crippen molar-refractivity contribution in [3.05, 3.63) is 77.4 Å². The fourth-order valence-electron chi connectivity index (χ4n) is 4.66. The molecule has 206 valence electrons. The minimum Gasteiger partial charge on any atom is -0.492 e. The number of nitrogens with one attached hydrogen (secondary N) is 1. The number of methoxy groups -OCH3 is 1. The monoisotopic (exact) mass is 578 g/mol. The highest BCUT2D eigenvalue weighted by atomic mass is 32.2. The number of hydrogen-bond donors (Lipinski definition) is 1. The number of hydrogen-bond acceptors (Lipinski definition) is 8. The van der Waals surface area contributed by atoms with Gasteiger partial charge in [-0.05, 0) is 85.3 Å². The molecule has 8 nitrogen and oxygen atoms in total. The van der Waals surface area contributed by atoms with Crippen LogP contribution in [0.2, 0.25) is 0 Å². The molecule has 3 aromatic carbocycles. The van der Waals surface area contributed by atoms with Crippen LogP contribution in [0.3, 0.4) is 0 Å². The summed E-state index contributed by atoms with van der Waals surface area (Å²) >= 11 is 1.58. The molecule has 1 aliphatic rings. The molecule has 0 unspecified atom stereocenters. The summed E-state index contributed by atoms with van der Waals surface area (Å²) in [5.74, 6) is 0.613. The van der Waals surface area contributed by atoms with Gasteiger partial charge in [0, 0.05) is 19.2 Å². The summed E-state index contributed by atoms with van der Waals surface area (Å²) in [6.07, 6.45) is 3.94. The van der Waals surface area contributed by atoms with Crippen LogP contribution in [-0.2, 0) is 21.4 Å². The number of nitrogens with zero attached hydrogens (tertiary/aromatic N) is 3. The third-order valence-corrected chi connectivity index (χ3v) is 9.18. The van der Waals surface area contributed by atoms with Crippen LogP contribution in [0, 0.1) is 12.7 Å². The quantitative estimate of drug-likeness (QED) is 0.211. The largest absolute Gasteiger partial charge is 0.492 e. The Morgan fingerprint density at radius 3 is 2.62 bits per heavy atom. The lowest BCUT2D eigenvalue weighted by atomic mass is 10.1. The minimum absolute atomic E-state index is 0.00631. The third kappa shape index (κ3) is 5.55. The maximum atomic E-state index is 13.2. The van der Waals surface area contributed by atoms with Gasteiger partial charge in [-0.1, -0.05) is 0 Å². The Labute approximate surface area is 235 Å². The van der Waals surface area contributed by atoms with E-state index in [1.807, 2.05) is 25.1 Å². The number of benzene rings is 3. The first kappa shape index (κ1) is 26.7. The highest BCUT2D eigenvalue weighted by Crippen LogP contribution is 2.46. The molecule has 11 heteroatoms. The van der Waals surface area contributed by atoms with Crippen LogP contribution in [0.25, 0.3) is 31.8 Å². The van der Waals surface area contributed by atoms with E-state index in [9.17, 15) is 12.8 Å². The van der Waals surface area contributed by atoms with Crippen molar-refractivity contribution in [2.24, 2.45) is 0 Å². The highest BCUT2D eigenvalue weighted by Gasteiger charge is 2.28. The first-order valence-corrected chi connectivity index (χ1v) is 15.2. The van der Waals surface area contributed by atoms with Crippen LogP contribution in [0.15, 0.2) is 59.6 Å². The zero-order valence-electron chi connectivity index (χ0n) is 22.0. The summed E-state index contributed by atoms with van der Waals surface area (Å²) in [6.45, 7) is 2.65. The van der Waals surface area contributed by atoms with Crippen LogP contribution in [0.4, 0.5) is 4.39 Å². The van der Waals surface area contributed by atoms with Crippen molar-refractivity contribution in [3.8, 4) is 16.3 Å². The van der Waals surface area contributed by atoms with Gasteiger partial charge in [0.15, 0.2) is 0 Å². The number of aromatic nitrogens is 3. The third-order valence-electron chi connectivity index (χ3n) is 6.67. The van der Waals surface area contributed by atoms with Gasteiger partial charge in [0.25, 0.3) is 0 Å². The summed E-state index contributed by atoms with van der Waals surface area (Å²) in [7, 11) is -2.12. The van der Waals surface area contributed by atoms with E-state index >= 15 is 0 Å². The average molecular weight is 579 g/mol. The molecule has 40 heavy (non-hydrogen) atoms. The van der Waals surface area contributed by atoms with Crippen molar-refractivity contribution in [1.29, 1.82) is 0 Å². The maximum Gasteiger partial charge on any atom is 0.240 e. The molecule has 1 fully saturated rings. The fourth-order valence-corrected chi connectivity index (χ4v) is 6.72. The maximum absolute atomic E-state index is 13.2. The van der Waals surface area contributed by atoms with Gasteiger partial charge in [0.05, 0.1) is 44.6 Å². The second kappa shape index (κ2) is 10.8. The molecule has 0 amide bonds. The molecular formula is C29H27FN4O4S2. The lowest BCUT2D eigenvalue weighted by molar-refractivity contribution is 0.181. The van der Waals surface area contributed by atoms with Gasteiger partial charge < -0.3 is 9.47 Å². The van der Waals surface area contributed by atoms with E-state index in [-0.39, 0.29) is 18.0 Å². The van der Waals surface area contributed by atoms with Gasteiger partial charge in [0.1, 0.15) is 23.2 Å². The first-order chi connectivity index (χ1) is 19.3. The second-order valence-electron chi connectivity index (χ2n) is 9.83. The molecule has 2 heterocycles. The Hall–Kier alpha value is -3.51. The zero-order valence-corrected chi connectivity index (χ0v) is 23.6. The molecule has 0 spiro atoms. The van der Waals surface area contributed by atoms with Crippen LogP contribution < -0.4 is 9.46 Å². The molecule has 1 N–H and O–H groups in total. The van der Waals surface area contributed by atoms with Crippen molar-refractivity contribution < 1.29 is 22.3 Å². The number of halogens is 1. The Balaban J connectivity index is 1.26. The van der Waals surface area contributed by atoms with Gasteiger partial charge in [-0.15, -0.1) is 11.3 Å². The molecular weight excluding hydrogens is 551 g/mol. The van der Waals surface area contributed by atoms with E-state index in [4.69, 9.17) is 24.4 Å². The topological polar surface area (TPSA) is 103 Å². The van der Waals surface area contributed by atoms with Gasteiger partial charge in [-0.3, -0.25) is 4.98 Å². The summed E-state index contributed by atoms with van der Waals surface area (Å²) < 4.78 is 52.8. The number of sulfonamides is 1. The van der Waals surface area contributed by atoms with E-state index in [2.05, 4.69) is 10.8 Å². The van der Waals surface area contributed by atoms with Gasteiger partial charge in [-0.25, -0.2) is 27.5 Å². The lowest BCUT2D eigenvalue weighted by Crippen LogP contribution is -2.28. The molecule has 1 aliphatic carbocycles. The Kier molecular flexibility index (Phi) is 7.22. The van der Waals surface area contributed by atoms with Crippen LogP contribution in [-0.4, -0.2) is 43.6 Å². The smallest absolute Gasteiger partial charge is 0.240 e. The van der Waals surface area contributed by atoms with Crippen LogP contribution in [0.1, 0.15) is 35.6 Å². The Bertz CT molecular complexity index is 1820. The molecule has 5 aromatic rings. The van der Waals surface area contributed by atoms with E-state index in [1.54, 1.807) is 24.6 Å². The Morgan fingerprint density at radius 2 is 1.88 bits per heavy atom. The summed E-state index contributed by atoms with van der Waals surface area (Å²) in [4.78, 5) is 14.5. The predicted octanol–water partition coefficient (Wildman–Crippen LogP) is 5.74. The van der Waals surface area contributed by atoms with Crippen molar-refractivity contribution >= 4 is 42.6 Å². The molecule has 6 rings (SSSR count). The molecule has 2 aromatic heterocycles. The fraction of sp³-hybridized carbons (Fsp3) is 0.276. The summed E-state index contributed by atoms with van der Waals surface area (Å²) in [6, 6.07) is 12.8. The predicted molar refractivity (Wildman–Crippen MR) is 153 cm³/mol. The van der Waals surface area contributed by atoms with E-state index in [0.29, 0.717) is 18.3 Å². The van der Waals surface area contributed by atoms with Gasteiger partial charge >= 0.3 is 0 Å². The highest BCUT2D eigenvalue weighted by molar-refractivity contribution is 7.89. The summed E-state index contributed by atoms with van der Waals surface area (Å²) in [5.41, 5.74) is 6.49. The SMILES string of the molecule is COCc1cnc2c(-c3nc4c(C5CC5)cc(OCCNS(=O)(=O)c5ccc(F)cc5)cc4s3)cc(C)cc2n1. The molecule has 0 saturated heterocycles. The standard InChI is InChI=1S/C29H27FN4O4S2/c1-17-11-24(27-25(12-17)33-20(15-31-27)16-37-2)29-34-28-23(18-3-4-18)13-21(14-26(28)39-29)38-10-9-32-40(35,36)22-7-5-19(30)6-8-22/h5-8,11-15,18,32H,3-4,9-10,16H2,1-2H3. The van der Waals surface area contributed by atoms with Crippen LogP contribution >= 0.6 is 11.3 Å². The lowest BCUT2D eigenvalue weighted by Gasteiger charge is -2.10. The molecule has 1 saturated carbocycles. The number of aryl methyl sites for hydroxylation is 1. The Morgan fingerprint density at radius 1 is 1.07 bits per heavy atom. The van der Waals surface area contributed by atoms with Crippen molar-refractivity contribution in [3.63, 3.8) is 0 Å². The van der Waals surface area contributed by atoms with Gasteiger partial charge in [-0.2, -0.15) is 0 Å². The van der Waals surface area contributed by atoms with Crippen molar-refractivity contribution in [2.45, 2.75) is 37.2 Å². The normalized spacial score (nSPS) is 13.8. The second-order valence-corrected chi connectivity index (χ2v) is 12.6. The number of ether oxygens (including phenoxy) is 2. The molecule has 0 radical (unpaired) electrons. The van der Waals surface area contributed by atoms with E-state index < -0.39 is 15.8 Å². The number of fused-ring (bicyclic) bond motifs is 2. The number of rotatable bonds is 10.